The summed E-state index contributed by atoms with van der Waals surface area (Å²) in [6.07, 6.45) is 0. The topological polar surface area (TPSA) is 229 Å². The van der Waals surface area contributed by atoms with E-state index >= 15 is 0 Å². The quantitative estimate of drug-likeness (QED) is 0.166. The van der Waals surface area contributed by atoms with Gasteiger partial charge in [-0.15, -0.1) is 0 Å². The van der Waals surface area contributed by atoms with E-state index in [1.54, 1.807) is 0 Å². The van der Waals surface area contributed by atoms with Crippen LogP contribution < -0.4 is 139 Å². The third-order valence-corrected chi connectivity index (χ3v) is 0.642. The normalized spacial score (nSPS) is 6.43. The van der Waals surface area contributed by atoms with E-state index in [2.05, 4.69) is 0 Å². The number of carbonyl (C=O) groups is 8. The van der Waals surface area contributed by atoms with Crippen molar-refractivity contribution in [2.75, 3.05) is 0 Å². The Bertz CT molecular complexity index is 412. The van der Waals surface area contributed by atoms with E-state index in [1.807, 2.05) is 0 Å². The summed E-state index contributed by atoms with van der Waals surface area (Å²) in [6.45, 7) is 0. The number of carbonyl (C=O) groups excluding carboxylic acids is 8. The first-order valence-corrected chi connectivity index (χ1v) is 4.21. The maximum Gasteiger partial charge on any atom is 1.00 e. The summed E-state index contributed by atoms with van der Waals surface area (Å²) < 4.78 is 42.1. The molecule has 20 heteroatoms. The average Bonchev–Trinajstić information content (AvgIpc) is 2.40. The minimum atomic E-state index is -2.44. The Hall–Kier alpha value is 0.280. The molecule has 0 unspecified atom stereocenters. The van der Waals surface area contributed by atoms with Gasteiger partial charge in [0.15, 0.2) is 0 Å². The monoisotopic (exact) mass is 456 g/mol. The van der Waals surface area contributed by atoms with Gasteiger partial charge in [0.25, 0.3) is 0 Å². The van der Waals surface area contributed by atoms with Crippen LogP contribution in [0.1, 0.15) is 0 Å². The van der Waals surface area contributed by atoms with Crippen LogP contribution >= 0.6 is 0 Å². The van der Waals surface area contributed by atoms with E-state index in [0.29, 0.717) is 0 Å². The van der Waals surface area contributed by atoms with Crippen molar-refractivity contribution in [2.45, 2.75) is 0 Å². The van der Waals surface area contributed by atoms with E-state index in [4.69, 9.17) is 58.8 Å². The molecule has 0 atom stereocenters. The van der Waals surface area contributed by atoms with Crippen molar-refractivity contribution >= 4 is 48.0 Å². The molecular formula is C8F4Na4O12. The third kappa shape index (κ3) is 63.4. The molecule has 136 valence electrons. The van der Waals surface area contributed by atoms with Crippen molar-refractivity contribution in [3.8, 4) is 0 Å². The molecular weight excluding hydrogens is 456 g/mol. The van der Waals surface area contributed by atoms with Crippen LogP contribution in [0.3, 0.4) is 0 Å². The van der Waals surface area contributed by atoms with Gasteiger partial charge in [-0.2, -0.15) is 17.6 Å². The van der Waals surface area contributed by atoms with Gasteiger partial charge in [-0.05, 0) is 0 Å². The average molecular weight is 456 g/mol. The van der Waals surface area contributed by atoms with Crippen molar-refractivity contribution in [3.05, 3.63) is 0 Å². The van der Waals surface area contributed by atoms with Crippen LogP contribution in [-0.4, -0.2) is 48.0 Å². The fourth-order valence-electron chi connectivity index (χ4n) is 0. The maximum absolute atomic E-state index is 10.5. The Morgan fingerprint density at radius 1 is 0.357 bits per heavy atom. The summed E-state index contributed by atoms with van der Waals surface area (Å²) in [5.74, 6) is -9.19. The smallest absolute Gasteiger partial charge is 0.540 e. The fourth-order valence-corrected chi connectivity index (χ4v) is 0. The molecule has 28 heavy (non-hydrogen) atoms. The van der Waals surface area contributed by atoms with Gasteiger partial charge in [-0.1, -0.05) is 0 Å². The zero-order valence-corrected chi connectivity index (χ0v) is 22.4. The summed E-state index contributed by atoms with van der Waals surface area (Å²) in [6, 6.07) is -9.74. The van der Waals surface area contributed by atoms with Gasteiger partial charge in [0.2, 0.25) is 0 Å². The molecule has 0 aromatic heterocycles. The number of halogens is 4. The number of carboxylic acid groups (broad SMARTS) is 4. The molecule has 0 spiro atoms. The SMILES string of the molecule is O=C([O-])C(=O)F.O=C([O-])C(=O)F.O=C([O-])C(=O)F.O=C([O-])C(=O)F.[Na+].[Na+].[Na+].[Na+]. The van der Waals surface area contributed by atoms with E-state index in [-0.39, 0.29) is 118 Å². The second-order valence-corrected chi connectivity index (χ2v) is 2.24. The summed E-state index contributed by atoms with van der Waals surface area (Å²) in [5.41, 5.74) is 0. The molecule has 0 fully saturated rings. The van der Waals surface area contributed by atoms with E-state index < -0.39 is 48.0 Å². The van der Waals surface area contributed by atoms with Crippen molar-refractivity contribution in [3.63, 3.8) is 0 Å². The Morgan fingerprint density at radius 3 is 0.393 bits per heavy atom. The Labute approximate surface area is 239 Å². The first kappa shape index (κ1) is 51.2. The van der Waals surface area contributed by atoms with Gasteiger partial charge in [0, 0.05) is 0 Å². The van der Waals surface area contributed by atoms with Gasteiger partial charge in [-0.25, -0.2) is 0 Å². The van der Waals surface area contributed by atoms with E-state index in [1.165, 1.54) is 0 Å². The van der Waals surface area contributed by atoms with Crippen molar-refractivity contribution < 1.29 is 195 Å². The van der Waals surface area contributed by atoms with Crippen LogP contribution in [0.2, 0.25) is 0 Å². The zero-order chi connectivity index (χ0) is 20.6. The molecule has 0 rings (SSSR count). The van der Waals surface area contributed by atoms with E-state index in [0.717, 1.165) is 0 Å². The largest absolute Gasteiger partial charge is 1.00 e. The van der Waals surface area contributed by atoms with Crippen molar-refractivity contribution in [2.24, 2.45) is 0 Å². The number of aliphatic carboxylic acids is 4. The van der Waals surface area contributed by atoms with Crippen LogP contribution in [0.5, 0.6) is 0 Å². The predicted octanol–water partition coefficient (Wildman–Crippen LogP) is -19.1. The van der Waals surface area contributed by atoms with Crippen molar-refractivity contribution in [1.29, 1.82) is 0 Å². The van der Waals surface area contributed by atoms with Crippen LogP contribution in [0.15, 0.2) is 0 Å². The fraction of sp³-hybridized carbons (Fsp3) is 0. The maximum atomic E-state index is 10.5. The standard InChI is InChI=1S/4C2HFO3.4Na/c4*3-1(4)2(5)6;;;;/h4*(H,5,6);;;;/q;;;;4*+1/p-4. The molecule has 0 bridgehead atoms. The van der Waals surface area contributed by atoms with Gasteiger partial charge < -0.3 is 39.6 Å². The second-order valence-electron chi connectivity index (χ2n) is 2.24. The van der Waals surface area contributed by atoms with Crippen molar-refractivity contribution in [1.82, 2.24) is 0 Å². The van der Waals surface area contributed by atoms with Gasteiger partial charge in [-0.3, -0.25) is 19.2 Å². The number of hydrogen-bond donors (Lipinski definition) is 0. The Morgan fingerprint density at radius 2 is 0.393 bits per heavy atom. The minimum absolute atomic E-state index is 0. The molecule has 0 aliphatic rings. The summed E-state index contributed by atoms with van der Waals surface area (Å²) in [7, 11) is 0. The van der Waals surface area contributed by atoms with Crippen LogP contribution in [0.25, 0.3) is 0 Å². The molecule has 0 N–H and O–H groups in total. The van der Waals surface area contributed by atoms with Gasteiger partial charge in [0.05, 0.1) is 0 Å². The van der Waals surface area contributed by atoms with Gasteiger partial charge >= 0.3 is 142 Å². The predicted molar refractivity (Wildman–Crippen MR) is 44.5 cm³/mol. The first-order chi connectivity index (χ1) is 10.6. The summed E-state index contributed by atoms with van der Waals surface area (Å²) in [4.78, 5) is 70.7. The molecule has 0 aromatic carbocycles. The zero-order valence-electron chi connectivity index (χ0n) is 14.4. The number of hydrogen-bond acceptors (Lipinski definition) is 12. The molecule has 12 nitrogen and oxygen atoms in total. The molecule has 0 aromatic rings. The Kier molecular flexibility index (Phi) is 58.4. The first-order valence-electron chi connectivity index (χ1n) is 4.21. The second kappa shape index (κ2) is 32.0. The molecule has 0 aliphatic heterocycles. The molecule has 0 heterocycles. The molecule has 0 amide bonds. The summed E-state index contributed by atoms with van der Waals surface area (Å²) in [5, 5.41) is 35.5. The molecule has 0 saturated heterocycles. The van der Waals surface area contributed by atoms with Crippen LogP contribution in [0, 0.1) is 0 Å². The van der Waals surface area contributed by atoms with Crippen LogP contribution in [-0.2, 0) is 38.4 Å². The number of rotatable bonds is 4. The molecule has 0 saturated carbocycles. The molecule has 0 aliphatic carbocycles. The summed E-state index contributed by atoms with van der Waals surface area (Å²) >= 11 is 0. The number of carboxylic acids is 4. The van der Waals surface area contributed by atoms with Crippen LogP contribution in [0.4, 0.5) is 17.6 Å². The third-order valence-electron chi connectivity index (χ3n) is 0.642. The minimum Gasteiger partial charge on any atom is -0.540 e. The van der Waals surface area contributed by atoms with Gasteiger partial charge in [0.1, 0.15) is 23.9 Å². The Balaban J connectivity index is -0.0000000303. The molecule has 0 radical (unpaired) electrons. The van der Waals surface area contributed by atoms with E-state index in [9.17, 15) is 17.6 Å².